The number of amides is 1. The summed E-state index contributed by atoms with van der Waals surface area (Å²) in [7, 11) is 0. The fraction of sp³-hybridized carbons (Fsp3) is 0.290. The van der Waals surface area contributed by atoms with E-state index >= 15 is 0 Å². The van der Waals surface area contributed by atoms with Crippen LogP contribution in [0.1, 0.15) is 43.4 Å². The molecule has 0 saturated carbocycles. The van der Waals surface area contributed by atoms with Gasteiger partial charge in [0.25, 0.3) is 0 Å². The number of benzene rings is 2. The quantitative estimate of drug-likeness (QED) is 0.157. The molecular formula is C31H31ClN6O3. The molecule has 2 aromatic carbocycles. The van der Waals surface area contributed by atoms with E-state index in [9.17, 15) is 4.79 Å². The molecule has 1 amide bonds. The molecule has 1 N–H and O–H groups in total. The summed E-state index contributed by atoms with van der Waals surface area (Å²) < 4.78 is 12.2. The average Bonchev–Trinajstić information content (AvgIpc) is 3.42. The minimum absolute atomic E-state index is 0.0734. The van der Waals surface area contributed by atoms with Crippen LogP contribution >= 0.6 is 11.9 Å². The first kappa shape index (κ1) is 28.1. The summed E-state index contributed by atoms with van der Waals surface area (Å²) in [6, 6.07) is 18.6. The second-order valence-corrected chi connectivity index (χ2v) is 9.85. The van der Waals surface area contributed by atoms with E-state index in [1.807, 2.05) is 41.9 Å². The number of likely N-dealkylation sites (tertiary alicyclic amines) is 1. The van der Waals surface area contributed by atoms with Gasteiger partial charge in [-0.05, 0) is 36.5 Å². The number of anilines is 1. The van der Waals surface area contributed by atoms with Crippen LogP contribution in [0.4, 0.5) is 5.82 Å². The lowest BCUT2D eigenvalue weighted by atomic mass is 10.0. The Bertz CT molecular complexity index is 1560. The van der Waals surface area contributed by atoms with Gasteiger partial charge < -0.3 is 15.0 Å². The van der Waals surface area contributed by atoms with E-state index in [4.69, 9.17) is 26.0 Å². The summed E-state index contributed by atoms with van der Waals surface area (Å²) in [5.74, 6) is 3.16. The minimum Gasteiger partial charge on any atom is -0.394 e. The van der Waals surface area contributed by atoms with Crippen LogP contribution in [0, 0.1) is 12.0 Å². The number of rotatable bonds is 9. The van der Waals surface area contributed by atoms with Crippen molar-refractivity contribution in [1.82, 2.24) is 24.6 Å². The molecule has 0 bridgehead atoms. The standard InChI is InChI=1S/C31H31ClN6O3/c1-3-5-18-40-31(41-32)35-29-27-28(24-15-13-23(14-16-24)19-22-10-7-6-8-11-22)36-38(30(27)34-21-33-29)25-12-9-17-37(20-25)26(39)4-2/h4,6-8,10-11,13-16,21,25,31H,2-3,9,12,17,19-20H2,1H3,(H,33,34,35). The molecule has 1 aliphatic rings. The van der Waals surface area contributed by atoms with Gasteiger partial charge in [-0.15, -0.1) is 0 Å². The number of halogens is 1. The Balaban J connectivity index is 1.55. The number of hydrogen-bond acceptors (Lipinski definition) is 7. The van der Waals surface area contributed by atoms with Gasteiger partial charge in [-0.1, -0.05) is 74.0 Å². The Labute approximate surface area is 244 Å². The van der Waals surface area contributed by atoms with Gasteiger partial charge in [-0.2, -0.15) is 5.10 Å². The predicted molar refractivity (Wildman–Crippen MR) is 159 cm³/mol. The molecule has 0 aliphatic carbocycles. The van der Waals surface area contributed by atoms with Gasteiger partial charge in [0.15, 0.2) is 5.65 Å². The normalized spacial score (nSPS) is 15.6. The van der Waals surface area contributed by atoms with Crippen LogP contribution in [0.3, 0.4) is 0 Å². The van der Waals surface area contributed by atoms with Crippen molar-refractivity contribution < 1.29 is 13.8 Å². The zero-order valence-corrected chi connectivity index (χ0v) is 23.6. The van der Waals surface area contributed by atoms with Crippen LogP contribution in [-0.4, -0.2) is 50.1 Å². The van der Waals surface area contributed by atoms with E-state index in [0.29, 0.717) is 42.1 Å². The fourth-order valence-corrected chi connectivity index (χ4v) is 5.06. The van der Waals surface area contributed by atoms with Crippen molar-refractivity contribution in [1.29, 1.82) is 0 Å². The number of piperidine rings is 1. The molecule has 2 atom stereocenters. The smallest absolute Gasteiger partial charge is 0.308 e. The Hall–Kier alpha value is -4.39. The molecule has 2 unspecified atom stereocenters. The topological polar surface area (TPSA) is 94.4 Å². The molecular weight excluding hydrogens is 540 g/mol. The second-order valence-electron chi connectivity index (χ2n) is 9.67. The molecule has 1 saturated heterocycles. The minimum atomic E-state index is -1.08. The molecule has 2 aromatic heterocycles. The lowest BCUT2D eigenvalue weighted by molar-refractivity contribution is -0.127. The van der Waals surface area contributed by atoms with Gasteiger partial charge in [-0.25, -0.2) is 18.9 Å². The first-order valence-corrected chi connectivity index (χ1v) is 13.9. The van der Waals surface area contributed by atoms with Crippen molar-refractivity contribution in [2.24, 2.45) is 0 Å². The van der Waals surface area contributed by atoms with Crippen LogP contribution in [0.25, 0.3) is 22.3 Å². The molecule has 1 aliphatic heterocycles. The fourth-order valence-electron chi connectivity index (χ4n) is 4.98. The molecule has 1 fully saturated rings. The van der Waals surface area contributed by atoms with Crippen LogP contribution < -0.4 is 5.32 Å². The number of carbonyl (C=O) groups excluding carboxylic acids is 1. The van der Waals surface area contributed by atoms with Crippen molar-refractivity contribution >= 4 is 34.6 Å². The van der Waals surface area contributed by atoms with Crippen LogP contribution in [0.15, 0.2) is 73.6 Å². The van der Waals surface area contributed by atoms with Gasteiger partial charge in [0, 0.05) is 25.1 Å². The van der Waals surface area contributed by atoms with Crippen molar-refractivity contribution in [2.45, 2.75) is 45.1 Å². The maximum absolute atomic E-state index is 12.4. The van der Waals surface area contributed by atoms with Gasteiger partial charge in [0.1, 0.15) is 23.9 Å². The molecule has 210 valence electrons. The highest BCUT2D eigenvalue weighted by Crippen LogP contribution is 2.35. The van der Waals surface area contributed by atoms with Crippen LogP contribution in [0.5, 0.6) is 0 Å². The maximum Gasteiger partial charge on any atom is 0.308 e. The maximum atomic E-state index is 12.4. The Morgan fingerprint density at radius 1 is 1.20 bits per heavy atom. The largest absolute Gasteiger partial charge is 0.394 e. The lowest BCUT2D eigenvalue weighted by Gasteiger charge is -2.32. The lowest BCUT2D eigenvalue weighted by Crippen LogP contribution is -2.40. The van der Waals surface area contributed by atoms with Gasteiger partial charge >= 0.3 is 6.41 Å². The van der Waals surface area contributed by atoms with Crippen LogP contribution in [0.2, 0.25) is 0 Å². The first-order valence-electron chi connectivity index (χ1n) is 13.6. The number of nitrogens with zero attached hydrogens (tertiary/aromatic N) is 5. The monoisotopic (exact) mass is 570 g/mol. The number of ether oxygens (including phenoxy) is 1. The highest BCUT2D eigenvalue weighted by molar-refractivity contribution is 6.07. The van der Waals surface area contributed by atoms with E-state index in [1.165, 1.54) is 23.5 Å². The highest BCUT2D eigenvalue weighted by Gasteiger charge is 2.29. The molecule has 3 heterocycles. The van der Waals surface area contributed by atoms with E-state index in [1.54, 1.807) is 4.90 Å². The number of fused-ring (bicyclic) bond motifs is 1. The summed E-state index contributed by atoms with van der Waals surface area (Å²) >= 11 is 5.71. The molecule has 5 rings (SSSR count). The summed E-state index contributed by atoms with van der Waals surface area (Å²) in [6.45, 7) is 6.75. The summed E-state index contributed by atoms with van der Waals surface area (Å²) in [4.78, 5) is 23.3. The van der Waals surface area contributed by atoms with Crippen molar-refractivity contribution in [3.05, 3.63) is 84.7 Å². The van der Waals surface area contributed by atoms with Gasteiger partial charge in [0.2, 0.25) is 5.91 Å². The first-order chi connectivity index (χ1) is 20.1. The van der Waals surface area contributed by atoms with Crippen LogP contribution in [-0.2, 0) is 20.2 Å². The summed E-state index contributed by atoms with van der Waals surface area (Å²) in [5.41, 5.74) is 4.63. The Morgan fingerprint density at radius 2 is 1.98 bits per heavy atom. The second kappa shape index (κ2) is 13.3. The third-order valence-electron chi connectivity index (χ3n) is 6.95. The van der Waals surface area contributed by atoms with Crippen molar-refractivity contribution in [3.63, 3.8) is 0 Å². The number of hydrogen-bond donors (Lipinski definition) is 1. The summed E-state index contributed by atoms with van der Waals surface area (Å²) in [5, 5.41) is 8.81. The highest BCUT2D eigenvalue weighted by atomic mass is 35.5. The predicted octanol–water partition coefficient (Wildman–Crippen LogP) is 5.69. The molecule has 9 nitrogen and oxygen atoms in total. The molecule has 10 heteroatoms. The van der Waals surface area contributed by atoms with E-state index in [0.717, 1.165) is 24.8 Å². The third kappa shape index (κ3) is 6.51. The SMILES string of the molecule is C=CC(=O)N1CCCC(n2nc(-c3ccc(Cc4ccccc4)cc3)c3c(NC(OCl)OC#CCC)ncnc32)C1. The molecule has 0 radical (unpaired) electrons. The summed E-state index contributed by atoms with van der Waals surface area (Å²) in [6.07, 6.45) is 7.44. The zero-order chi connectivity index (χ0) is 28.6. The van der Waals surface area contributed by atoms with Gasteiger partial charge in [0.05, 0.1) is 23.3 Å². The van der Waals surface area contributed by atoms with Gasteiger partial charge in [-0.3, -0.25) is 4.79 Å². The Morgan fingerprint density at radius 3 is 2.71 bits per heavy atom. The number of carbonyl (C=O) groups is 1. The van der Waals surface area contributed by atoms with Crippen molar-refractivity contribution in [3.8, 4) is 23.3 Å². The van der Waals surface area contributed by atoms with E-state index in [2.05, 4.69) is 58.2 Å². The van der Waals surface area contributed by atoms with E-state index in [-0.39, 0.29) is 11.9 Å². The third-order valence-corrected chi connectivity index (χ3v) is 7.11. The zero-order valence-electron chi connectivity index (χ0n) is 22.8. The average molecular weight is 571 g/mol. The number of aromatic nitrogens is 4. The number of nitrogens with one attached hydrogen (secondary N) is 1. The molecule has 4 aromatic rings. The molecule has 0 spiro atoms. The van der Waals surface area contributed by atoms with E-state index < -0.39 is 6.41 Å². The Kier molecular flexibility index (Phi) is 9.14. The molecule has 41 heavy (non-hydrogen) atoms. The van der Waals surface area contributed by atoms with Crippen molar-refractivity contribution in [2.75, 3.05) is 18.4 Å².